The van der Waals surface area contributed by atoms with Gasteiger partial charge in [0.15, 0.2) is 0 Å². The van der Waals surface area contributed by atoms with Gasteiger partial charge >= 0.3 is 6.03 Å². The lowest BCUT2D eigenvalue weighted by Crippen LogP contribution is -2.28. The molecule has 0 unspecified atom stereocenters. The minimum Gasteiger partial charge on any atom is -0.332 e. The van der Waals surface area contributed by atoms with Gasteiger partial charge in [0.2, 0.25) is 0 Å². The highest BCUT2D eigenvalue weighted by atomic mass is 16.2. The molecular formula is C15H21N9O. The highest BCUT2D eigenvalue weighted by Gasteiger charge is 2.14. The first-order valence-corrected chi connectivity index (χ1v) is 7.98. The molecule has 0 saturated heterocycles. The van der Waals surface area contributed by atoms with Crippen LogP contribution in [-0.4, -0.2) is 41.0 Å². The quantitative estimate of drug-likeness (QED) is 0.625. The van der Waals surface area contributed by atoms with E-state index in [0.717, 1.165) is 12.2 Å². The van der Waals surface area contributed by atoms with E-state index in [1.165, 1.54) is 0 Å². The number of urea groups is 1. The number of rotatable bonds is 6. The maximum Gasteiger partial charge on any atom is 0.319 e. The summed E-state index contributed by atoms with van der Waals surface area (Å²) in [6.45, 7) is 5.26. The van der Waals surface area contributed by atoms with E-state index in [1.54, 1.807) is 28.0 Å². The number of amides is 2. The number of anilines is 1. The minimum absolute atomic E-state index is 0.239. The third-order valence-corrected chi connectivity index (χ3v) is 3.54. The summed E-state index contributed by atoms with van der Waals surface area (Å²) in [5.41, 5.74) is 2.75. The van der Waals surface area contributed by atoms with E-state index in [2.05, 4.69) is 50.1 Å². The van der Waals surface area contributed by atoms with Gasteiger partial charge in [0.05, 0.1) is 24.1 Å². The first-order chi connectivity index (χ1) is 12.0. The predicted octanol–water partition coefficient (Wildman–Crippen LogP) is 1.38. The first-order valence-electron chi connectivity index (χ1n) is 7.98. The number of carbonyl (C=O) groups is 1. The van der Waals surface area contributed by atoms with Crippen LogP contribution in [0.4, 0.5) is 10.5 Å². The Morgan fingerprint density at radius 3 is 2.88 bits per heavy atom. The summed E-state index contributed by atoms with van der Waals surface area (Å²) in [6, 6.07) is 1.51. The van der Waals surface area contributed by atoms with Gasteiger partial charge in [-0.3, -0.25) is 9.36 Å². The van der Waals surface area contributed by atoms with Crippen LogP contribution < -0.4 is 10.6 Å². The Morgan fingerprint density at radius 1 is 1.32 bits per heavy atom. The summed E-state index contributed by atoms with van der Waals surface area (Å²) in [5.74, 6) is 0.485. The number of hydrogen-bond donors (Lipinski definition) is 3. The summed E-state index contributed by atoms with van der Waals surface area (Å²) in [5, 5.41) is 24.7. The molecule has 0 radical (unpaired) electrons. The zero-order valence-corrected chi connectivity index (χ0v) is 14.4. The van der Waals surface area contributed by atoms with E-state index in [4.69, 9.17) is 0 Å². The van der Waals surface area contributed by atoms with E-state index in [-0.39, 0.29) is 12.6 Å². The number of H-pyrrole nitrogens is 1. The van der Waals surface area contributed by atoms with Crippen molar-refractivity contribution in [2.75, 3.05) is 5.32 Å². The lowest BCUT2D eigenvalue weighted by atomic mass is 10.2. The molecule has 10 nitrogen and oxygen atoms in total. The SMILES string of the molecule is CC(C)Cn1cc(NC(=O)NCc2n[nH]nc2-c2ccnn2C)cn1. The third-order valence-electron chi connectivity index (χ3n) is 3.54. The molecule has 3 aromatic heterocycles. The van der Waals surface area contributed by atoms with Crippen LogP contribution in [0.3, 0.4) is 0 Å². The fourth-order valence-corrected chi connectivity index (χ4v) is 2.43. The second kappa shape index (κ2) is 7.16. The number of nitrogens with zero attached hydrogens (tertiary/aromatic N) is 6. The Kier molecular flexibility index (Phi) is 4.78. The summed E-state index contributed by atoms with van der Waals surface area (Å²) >= 11 is 0. The molecule has 0 spiro atoms. The Hall–Kier alpha value is -3.17. The number of aromatic amines is 1. The maximum absolute atomic E-state index is 12.1. The van der Waals surface area contributed by atoms with Crippen LogP contribution in [-0.2, 0) is 20.1 Å². The highest BCUT2D eigenvalue weighted by Crippen LogP contribution is 2.18. The monoisotopic (exact) mass is 343 g/mol. The van der Waals surface area contributed by atoms with Gasteiger partial charge in [-0.25, -0.2) is 4.79 Å². The molecule has 25 heavy (non-hydrogen) atoms. The van der Waals surface area contributed by atoms with Crippen LogP contribution in [0, 0.1) is 5.92 Å². The van der Waals surface area contributed by atoms with Crippen molar-refractivity contribution in [2.24, 2.45) is 13.0 Å². The number of nitrogens with one attached hydrogen (secondary N) is 3. The van der Waals surface area contributed by atoms with Gasteiger partial charge in [-0.05, 0) is 12.0 Å². The van der Waals surface area contributed by atoms with E-state index in [0.29, 0.717) is 23.0 Å². The molecule has 0 aromatic carbocycles. The van der Waals surface area contributed by atoms with E-state index in [9.17, 15) is 4.79 Å². The lowest BCUT2D eigenvalue weighted by Gasteiger charge is -2.06. The molecule has 3 rings (SSSR count). The van der Waals surface area contributed by atoms with E-state index < -0.39 is 0 Å². The fraction of sp³-hybridized carbons (Fsp3) is 0.400. The number of aryl methyl sites for hydroxylation is 1. The standard InChI is InChI=1S/C15H21N9O/c1-10(2)8-24-9-11(6-18-24)19-15(25)16-7-12-14(21-22-20-12)13-4-5-17-23(13)3/h4-6,9-10H,7-8H2,1-3H3,(H2,16,19,25)(H,20,21,22). The summed E-state index contributed by atoms with van der Waals surface area (Å²) in [7, 11) is 1.82. The summed E-state index contributed by atoms with van der Waals surface area (Å²) in [6.07, 6.45) is 5.11. The molecule has 0 fully saturated rings. The first kappa shape index (κ1) is 16.7. The van der Waals surface area contributed by atoms with Crippen molar-refractivity contribution >= 4 is 11.7 Å². The zero-order valence-electron chi connectivity index (χ0n) is 14.4. The molecule has 0 atom stereocenters. The molecule has 0 aliphatic heterocycles. The van der Waals surface area contributed by atoms with Crippen LogP contribution in [0.5, 0.6) is 0 Å². The largest absolute Gasteiger partial charge is 0.332 e. The molecule has 3 aromatic rings. The van der Waals surface area contributed by atoms with Crippen LogP contribution in [0.25, 0.3) is 11.4 Å². The zero-order chi connectivity index (χ0) is 17.8. The van der Waals surface area contributed by atoms with E-state index >= 15 is 0 Å². The van der Waals surface area contributed by atoms with Crippen molar-refractivity contribution in [1.29, 1.82) is 0 Å². The molecular weight excluding hydrogens is 322 g/mol. The Balaban J connectivity index is 1.57. The summed E-state index contributed by atoms with van der Waals surface area (Å²) in [4.78, 5) is 12.1. The average Bonchev–Trinajstić information content (AvgIpc) is 3.26. The van der Waals surface area contributed by atoms with Crippen LogP contribution in [0.1, 0.15) is 19.5 Å². The molecule has 0 bridgehead atoms. The van der Waals surface area contributed by atoms with Crippen molar-refractivity contribution in [3.05, 3.63) is 30.4 Å². The van der Waals surface area contributed by atoms with Crippen molar-refractivity contribution in [2.45, 2.75) is 26.9 Å². The molecule has 0 aliphatic carbocycles. The highest BCUT2D eigenvalue weighted by molar-refractivity contribution is 5.88. The third kappa shape index (κ3) is 4.03. The van der Waals surface area contributed by atoms with E-state index in [1.807, 2.05) is 13.1 Å². The second-order valence-corrected chi connectivity index (χ2v) is 6.11. The smallest absolute Gasteiger partial charge is 0.319 e. The normalized spacial score (nSPS) is 11.0. The van der Waals surface area contributed by atoms with Crippen molar-refractivity contribution in [3.8, 4) is 11.4 Å². The number of carbonyl (C=O) groups excluding carboxylic acids is 1. The van der Waals surface area contributed by atoms with Crippen LogP contribution >= 0.6 is 0 Å². The number of aromatic nitrogens is 7. The van der Waals surface area contributed by atoms with Gasteiger partial charge in [0.25, 0.3) is 0 Å². The Morgan fingerprint density at radius 2 is 2.16 bits per heavy atom. The molecule has 132 valence electrons. The van der Waals surface area contributed by atoms with Crippen molar-refractivity contribution in [1.82, 2.24) is 40.3 Å². The van der Waals surface area contributed by atoms with Crippen LogP contribution in [0.2, 0.25) is 0 Å². The van der Waals surface area contributed by atoms with Gasteiger partial charge in [-0.2, -0.15) is 25.6 Å². The topological polar surface area (TPSA) is 118 Å². The lowest BCUT2D eigenvalue weighted by molar-refractivity contribution is 0.251. The van der Waals surface area contributed by atoms with Crippen LogP contribution in [0.15, 0.2) is 24.7 Å². The maximum atomic E-state index is 12.1. The molecule has 3 N–H and O–H groups in total. The van der Waals surface area contributed by atoms with Crippen molar-refractivity contribution in [3.63, 3.8) is 0 Å². The molecule has 2 amide bonds. The Bertz CT molecular complexity index is 845. The Labute approximate surface area is 144 Å². The van der Waals surface area contributed by atoms with Gasteiger partial charge in [0.1, 0.15) is 11.4 Å². The molecule has 10 heteroatoms. The van der Waals surface area contributed by atoms with Gasteiger partial charge in [-0.15, -0.1) is 0 Å². The molecule has 3 heterocycles. The second-order valence-electron chi connectivity index (χ2n) is 6.11. The van der Waals surface area contributed by atoms with Gasteiger partial charge < -0.3 is 10.6 Å². The van der Waals surface area contributed by atoms with Gasteiger partial charge in [0, 0.05) is 26.0 Å². The van der Waals surface area contributed by atoms with Crippen molar-refractivity contribution < 1.29 is 4.79 Å². The van der Waals surface area contributed by atoms with Gasteiger partial charge in [-0.1, -0.05) is 13.8 Å². The number of hydrogen-bond acceptors (Lipinski definition) is 5. The fourth-order valence-electron chi connectivity index (χ4n) is 2.43. The molecule has 0 saturated carbocycles. The summed E-state index contributed by atoms with van der Waals surface area (Å²) < 4.78 is 3.50. The minimum atomic E-state index is -0.331. The predicted molar refractivity (Wildman–Crippen MR) is 91.5 cm³/mol. The molecule has 0 aliphatic rings. The average molecular weight is 343 g/mol.